The van der Waals surface area contributed by atoms with Crippen molar-refractivity contribution in [3.63, 3.8) is 0 Å². The summed E-state index contributed by atoms with van der Waals surface area (Å²) in [5.41, 5.74) is 1.97. The molecule has 24 heavy (non-hydrogen) atoms. The maximum atomic E-state index is 12.3. The average molecular weight is 329 g/mol. The molecule has 0 unspecified atom stereocenters. The normalized spacial score (nSPS) is 21.2. The van der Waals surface area contributed by atoms with Crippen LogP contribution in [-0.2, 0) is 4.74 Å². The van der Waals surface area contributed by atoms with Crippen LogP contribution in [0.4, 0.5) is 4.79 Å². The zero-order valence-corrected chi connectivity index (χ0v) is 14.8. The molecule has 1 saturated heterocycles. The molecule has 1 amide bonds. The molecule has 1 N–H and O–H groups in total. The van der Waals surface area contributed by atoms with Gasteiger partial charge >= 0.3 is 6.09 Å². The molecular weight excluding hydrogens is 302 g/mol. The topological polar surface area (TPSA) is 53.9 Å². The fourth-order valence-electron chi connectivity index (χ4n) is 3.25. The quantitative estimate of drug-likeness (QED) is 0.907. The van der Waals surface area contributed by atoms with Crippen LogP contribution in [0.1, 0.15) is 50.7 Å². The number of carbonyl (C=O) groups is 1. The van der Waals surface area contributed by atoms with E-state index in [1.165, 1.54) is 5.56 Å². The van der Waals surface area contributed by atoms with Gasteiger partial charge in [-0.2, -0.15) is 0 Å². The molecule has 0 aromatic heterocycles. The standard InChI is InChI=1S/C19H27N3O2/c1-19(2,3)24-18(23)22-12-4-5-16(13-22)14-6-8-15(9-7-14)17-20-10-11-21-17/h6-9,16H,4-5,10-13H2,1-3H3,(H,20,21)/t16-/m0/s1. The SMILES string of the molecule is CC(C)(C)OC(=O)N1CCC[C@H](c2ccc(C3=NCCN3)cc2)C1. The average Bonchev–Trinajstić information content (AvgIpc) is 3.08. The maximum absolute atomic E-state index is 12.3. The number of nitrogens with one attached hydrogen (secondary N) is 1. The number of ether oxygens (including phenoxy) is 1. The smallest absolute Gasteiger partial charge is 0.410 e. The lowest BCUT2D eigenvalue weighted by Crippen LogP contribution is -2.42. The second-order valence-corrected chi connectivity index (χ2v) is 7.54. The highest BCUT2D eigenvalue weighted by Gasteiger charge is 2.28. The Morgan fingerprint density at radius 3 is 2.67 bits per heavy atom. The van der Waals surface area contributed by atoms with E-state index >= 15 is 0 Å². The number of nitrogens with zero attached hydrogens (tertiary/aromatic N) is 2. The van der Waals surface area contributed by atoms with Gasteiger partial charge in [0.25, 0.3) is 0 Å². The van der Waals surface area contributed by atoms with E-state index in [9.17, 15) is 4.79 Å². The second kappa shape index (κ2) is 6.83. The van der Waals surface area contributed by atoms with Crippen molar-refractivity contribution in [1.82, 2.24) is 10.2 Å². The Balaban J connectivity index is 1.65. The van der Waals surface area contributed by atoms with Gasteiger partial charge in [0.1, 0.15) is 11.4 Å². The minimum atomic E-state index is -0.444. The summed E-state index contributed by atoms with van der Waals surface area (Å²) in [5, 5.41) is 3.30. The van der Waals surface area contributed by atoms with Crippen LogP contribution in [0.15, 0.2) is 29.3 Å². The highest BCUT2D eigenvalue weighted by molar-refractivity contribution is 5.99. The predicted octanol–water partition coefficient (Wildman–Crippen LogP) is 3.15. The number of rotatable bonds is 2. The van der Waals surface area contributed by atoms with Gasteiger partial charge in [0.05, 0.1) is 6.54 Å². The highest BCUT2D eigenvalue weighted by Crippen LogP contribution is 2.28. The van der Waals surface area contributed by atoms with Crippen molar-refractivity contribution in [3.05, 3.63) is 35.4 Å². The number of amides is 1. The molecule has 2 aliphatic rings. The molecule has 2 aliphatic heterocycles. The lowest BCUT2D eigenvalue weighted by atomic mass is 9.90. The van der Waals surface area contributed by atoms with E-state index in [2.05, 4.69) is 34.6 Å². The fraction of sp³-hybridized carbons (Fsp3) is 0.579. The van der Waals surface area contributed by atoms with Gasteiger partial charge < -0.3 is 15.0 Å². The number of benzene rings is 1. The molecule has 1 aromatic rings. The molecule has 0 saturated carbocycles. The first-order valence-electron chi connectivity index (χ1n) is 8.79. The number of carbonyl (C=O) groups excluding carboxylic acids is 1. The molecule has 0 aliphatic carbocycles. The van der Waals surface area contributed by atoms with Crippen molar-refractivity contribution < 1.29 is 9.53 Å². The Bertz CT molecular complexity index is 616. The molecular formula is C19H27N3O2. The maximum Gasteiger partial charge on any atom is 0.410 e. The van der Waals surface area contributed by atoms with Gasteiger partial charge in [-0.1, -0.05) is 24.3 Å². The molecule has 2 heterocycles. The van der Waals surface area contributed by atoms with Crippen LogP contribution >= 0.6 is 0 Å². The number of aliphatic imine (C=N–C) groups is 1. The number of piperidine rings is 1. The van der Waals surface area contributed by atoms with Crippen molar-refractivity contribution in [1.29, 1.82) is 0 Å². The third-order valence-electron chi connectivity index (χ3n) is 4.40. The second-order valence-electron chi connectivity index (χ2n) is 7.54. The monoisotopic (exact) mass is 329 g/mol. The number of amidine groups is 1. The minimum Gasteiger partial charge on any atom is -0.444 e. The van der Waals surface area contributed by atoms with Crippen LogP contribution < -0.4 is 5.32 Å². The van der Waals surface area contributed by atoms with Crippen LogP contribution in [-0.4, -0.2) is 48.6 Å². The molecule has 1 aromatic carbocycles. The van der Waals surface area contributed by atoms with Crippen LogP contribution in [0.5, 0.6) is 0 Å². The van der Waals surface area contributed by atoms with Crippen molar-refractivity contribution in [3.8, 4) is 0 Å². The summed E-state index contributed by atoms with van der Waals surface area (Å²) in [5.74, 6) is 1.36. The summed E-state index contributed by atoms with van der Waals surface area (Å²) in [4.78, 5) is 18.6. The zero-order valence-electron chi connectivity index (χ0n) is 14.8. The molecule has 5 heteroatoms. The molecule has 0 radical (unpaired) electrons. The Morgan fingerprint density at radius 1 is 1.29 bits per heavy atom. The van der Waals surface area contributed by atoms with Gasteiger partial charge in [-0.3, -0.25) is 4.99 Å². The van der Waals surface area contributed by atoms with E-state index in [-0.39, 0.29) is 6.09 Å². The van der Waals surface area contributed by atoms with E-state index < -0.39 is 5.60 Å². The molecule has 130 valence electrons. The van der Waals surface area contributed by atoms with Crippen molar-refractivity contribution >= 4 is 11.9 Å². The van der Waals surface area contributed by atoms with Gasteiger partial charge in [-0.05, 0) is 39.2 Å². The fourth-order valence-corrected chi connectivity index (χ4v) is 3.25. The Morgan fingerprint density at radius 2 is 2.04 bits per heavy atom. The van der Waals surface area contributed by atoms with Crippen molar-refractivity contribution in [2.45, 2.75) is 45.1 Å². The molecule has 1 atom stereocenters. The molecule has 0 spiro atoms. The van der Waals surface area contributed by atoms with Crippen LogP contribution in [0.25, 0.3) is 0 Å². The van der Waals surface area contributed by atoms with E-state index in [4.69, 9.17) is 4.74 Å². The summed E-state index contributed by atoms with van der Waals surface area (Å²) in [6, 6.07) is 8.58. The van der Waals surface area contributed by atoms with Crippen molar-refractivity contribution in [2.24, 2.45) is 4.99 Å². The lowest BCUT2D eigenvalue weighted by molar-refractivity contribution is 0.0198. The van der Waals surface area contributed by atoms with Gasteiger partial charge in [0, 0.05) is 31.1 Å². The summed E-state index contributed by atoms with van der Waals surface area (Å²) in [7, 11) is 0. The minimum absolute atomic E-state index is 0.201. The molecule has 5 nitrogen and oxygen atoms in total. The van der Waals surface area contributed by atoms with Gasteiger partial charge in [0.2, 0.25) is 0 Å². The van der Waals surface area contributed by atoms with Gasteiger partial charge in [0.15, 0.2) is 0 Å². The molecule has 3 rings (SSSR count). The summed E-state index contributed by atoms with van der Waals surface area (Å²) in [6.07, 6.45) is 1.92. The van der Waals surface area contributed by atoms with E-state index in [0.717, 1.165) is 50.4 Å². The van der Waals surface area contributed by atoms with E-state index in [1.54, 1.807) is 0 Å². The predicted molar refractivity (Wildman–Crippen MR) is 95.6 cm³/mol. The van der Waals surface area contributed by atoms with Crippen LogP contribution in [0, 0.1) is 0 Å². The third-order valence-corrected chi connectivity index (χ3v) is 4.40. The lowest BCUT2D eigenvalue weighted by Gasteiger charge is -2.34. The first-order chi connectivity index (χ1) is 11.4. The molecule has 1 fully saturated rings. The Hall–Kier alpha value is -2.04. The first kappa shape index (κ1) is 16.8. The van der Waals surface area contributed by atoms with E-state index in [1.807, 2.05) is 25.7 Å². The van der Waals surface area contributed by atoms with Gasteiger partial charge in [-0.15, -0.1) is 0 Å². The van der Waals surface area contributed by atoms with Crippen LogP contribution in [0.2, 0.25) is 0 Å². The third kappa shape index (κ3) is 4.08. The summed E-state index contributed by atoms with van der Waals surface area (Å²) >= 11 is 0. The number of hydrogen-bond donors (Lipinski definition) is 1. The highest BCUT2D eigenvalue weighted by atomic mass is 16.6. The van der Waals surface area contributed by atoms with Gasteiger partial charge in [-0.25, -0.2) is 4.79 Å². The number of likely N-dealkylation sites (tertiary alicyclic amines) is 1. The number of hydrogen-bond acceptors (Lipinski definition) is 4. The largest absolute Gasteiger partial charge is 0.444 e. The van der Waals surface area contributed by atoms with Crippen LogP contribution in [0.3, 0.4) is 0 Å². The van der Waals surface area contributed by atoms with E-state index in [0.29, 0.717) is 5.92 Å². The Kier molecular flexibility index (Phi) is 4.78. The Labute approximate surface area is 144 Å². The molecule has 0 bridgehead atoms. The van der Waals surface area contributed by atoms with Crippen molar-refractivity contribution in [2.75, 3.05) is 26.2 Å². The summed E-state index contributed by atoms with van der Waals surface area (Å²) < 4.78 is 5.51. The summed E-state index contributed by atoms with van der Waals surface area (Å²) in [6.45, 7) is 9.01. The zero-order chi connectivity index (χ0) is 17.2. The first-order valence-corrected chi connectivity index (χ1v) is 8.79.